The average molecular weight is 433 g/mol. The highest BCUT2D eigenvalue weighted by molar-refractivity contribution is 5.25. The van der Waals surface area contributed by atoms with E-state index in [2.05, 4.69) is 0 Å². The van der Waals surface area contributed by atoms with E-state index in [-0.39, 0.29) is 6.42 Å². The van der Waals surface area contributed by atoms with Gasteiger partial charge in [-0.2, -0.15) is 5.26 Å². The molecule has 0 saturated carbocycles. The first-order valence-electron chi connectivity index (χ1n) is 9.56. The third kappa shape index (κ3) is 4.38. The van der Waals surface area contributed by atoms with Crippen LogP contribution in [0, 0.1) is 17.2 Å². The highest BCUT2D eigenvalue weighted by Gasteiger charge is 2.49. The molecule has 2 saturated heterocycles. The van der Waals surface area contributed by atoms with Crippen molar-refractivity contribution in [2.24, 2.45) is 5.92 Å². The molecule has 12 heteroatoms. The molecule has 3 rings (SSSR count). The van der Waals surface area contributed by atoms with Crippen molar-refractivity contribution in [1.29, 1.82) is 5.26 Å². The quantitative estimate of drug-likeness (QED) is 0.211. The summed E-state index contributed by atoms with van der Waals surface area (Å²) in [7, 11) is 0. The molecule has 1 aliphatic carbocycles. The maximum atomic E-state index is 10.1. The van der Waals surface area contributed by atoms with Gasteiger partial charge in [-0.15, -0.1) is 0 Å². The van der Waals surface area contributed by atoms with Crippen LogP contribution in [-0.2, 0) is 18.9 Å². The fourth-order valence-corrected chi connectivity index (χ4v) is 3.67. The second-order valence-electron chi connectivity index (χ2n) is 7.79. The monoisotopic (exact) mass is 433 g/mol. The molecule has 0 aromatic rings. The van der Waals surface area contributed by atoms with E-state index in [4.69, 9.17) is 18.9 Å². The van der Waals surface area contributed by atoms with Crippen LogP contribution in [0.15, 0.2) is 12.2 Å². The molecule has 0 aromatic heterocycles. The largest absolute Gasteiger partial charge is 0.394 e. The molecule has 12 nitrogen and oxygen atoms in total. The standard InChI is InChI=1S/C18H27NO11/c1-7-10(21)13(24)15(26)29-16(7)27-8-2-3-18(4-8,6-19)30-17-14(25)12(23)11(22)9(5-20)28-17/h2-3,7-17,20-26H,4-5H2,1H3. The first-order valence-corrected chi connectivity index (χ1v) is 9.56. The maximum absolute atomic E-state index is 10.1. The zero-order chi connectivity index (χ0) is 22.2. The van der Waals surface area contributed by atoms with Crippen LogP contribution in [0.4, 0.5) is 0 Å². The molecule has 12 atom stereocenters. The van der Waals surface area contributed by atoms with Crippen LogP contribution in [0.2, 0.25) is 0 Å². The fraction of sp³-hybridized carbons (Fsp3) is 0.833. The van der Waals surface area contributed by atoms with Crippen molar-refractivity contribution in [3.8, 4) is 6.07 Å². The van der Waals surface area contributed by atoms with Crippen molar-refractivity contribution in [2.45, 2.75) is 80.5 Å². The van der Waals surface area contributed by atoms with E-state index in [0.29, 0.717) is 0 Å². The van der Waals surface area contributed by atoms with Gasteiger partial charge < -0.3 is 54.7 Å². The van der Waals surface area contributed by atoms with E-state index in [1.165, 1.54) is 12.2 Å². The van der Waals surface area contributed by atoms with Crippen molar-refractivity contribution < 1.29 is 54.7 Å². The summed E-state index contributed by atoms with van der Waals surface area (Å²) in [6.07, 6.45) is -11.0. The SMILES string of the molecule is CC1C(OC2C=CC(C#N)(OC3OC(CO)C(O)C(O)C3O)C2)OC(O)C(O)C1O. The number of aliphatic hydroxyl groups is 7. The van der Waals surface area contributed by atoms with Gasteiger partial charge in [0.15, 0.2) is 24.5 Å². The third-order valence-corrected chi connectivity index (χ3v) is 5.64. The molecule has 30 heavy (non-hydrogen) atoms. The van der Waals surface area contributed by atoms with Crippen LogP contribution in [0.3, 0.4) is 0 Å². The lowest BCUT2D eigenvalue weighted by atomic mass is 9.95. The number of nitrogens with zero attached hydrogens (tertiary/aromatic N) is 1. The molecule has 0 bridgehead atoms. The van der Waals surface area contributed by atoms with E-state index < -0.39 is 79.7 Å². The van der Waals surface area contributed by atoms with Gasteiger partial charge in [0.25, 0.3) is 0 Å². The molecular weight excluding hydrogens is 406 g/mol. The zero-order valence-corrected chi connectivity index (χ0v) is 16.1. The van der Waals surface area contributed by atoms with E-state index in [9.17, 15) is 41.0 Å². The Bertz CT molecular complexity index is 669. The molecular formula is C18H27NO11. The summed E-state index contributed by atoms with van der Waals surface area (Å²) < 4.78 is 21.8. The van der Waals surface area contributed by atoms with E-state index >= 15 is 0 Å². The predicted molar refractivity (Wildman–Crippen MR) is 93.9 cm³/mol. The summed E-state index contributed by atoms with van der Waals surface area (Å²) in [4.78, 5) is 0. The Morgan fingerprint density at radius 2 is 1.70 bits per heavy atom. The minimum Gasteiger partial charge on any atom is -0.394 e. The molecule has 2 heterocycles. The Kier molecular flexibility index (Phi) is 7.12. The second kappa shape index (κ2) is 9.11. The maximum Gasteiger partial charge on any atom is 0.189 e. The molecule has 170 valence electrons. The summed E-state index contributed by atoms with van der Waals surface area (Å²) >= 11 is 0. The molecule has 3 aliphatic rings. The predicted octanol–water partition coefficient (Wildman–Crippen LogP) is -3.56. The number of nitriles is 1. The van der Waals surface area contributed by atoms with Gasteiger partial charge >= 0.3 is 0 Å². The van der Waals surface area contributed by atoms with Gasteiger partial charge in [0.1, 0.15) is 36.6 Å². The molecule has 0 amide bonds. The van der Waals surface area contributed by atoms with Gasteiger partial charge in [0.05, 0.1) is 18.8 Å². The van der Waals surface area contributed by atoms with Crippen molar-refractivity contribution >= 4 is 0 Å². The molecule has 0 spiro atoms. The van der Waals surface area contributed by atoms with E-state index in [0.717, 1.165) is 0 Å². The summed E-state index contributed by atoms with van der Waals surface area (Å²) in [5.74, 6) is -0.680. The smallest absolute Gasteiger partial charge is 0.189 e. The summed E-state index contributed by atoms with van der Waals surface area (Å²) in [5, 5.41) is 78.1. The number of rotatable bonds is 5. The van der Waals surface area contributed by atoms with Crippen LogP contribution >= 0.6 is 0 Å². The summed E-state index contributed by atoms with van der Waals surface area (Å²) in [6, 6.07) is 1.94. The van der Waals surface area contributed by atoms with Crippen molar-refractivity contribution in [3.63, 3.8) is 0 Å². The second-order valence-corrected chi connectivity index (χ2v) is 7.79. The molecule has 2 fully saturated rings. The lowest BCUT2D eigenvalue weighted by Crippen LogP contribution is -2.60. The van der Waals surface area contributed by atoms with Gasteiger partial charge in [0.2, 0.25) is 0 Å². The number of hydrogen-bond donors (Lipinski definition) is 7. The summed E-state index contributed by atoms with van der Waals surface area (Å²) in [6.45, 7) is 0.921. The van der Waals surface area contributed by atoms with Crippen molar-refractivity contribution in [3.05, 3.63) is 12.2 Å². The first-order chi connectivity index (χ1) is 14.1. The first kappa shape index (κ1) is 23.5. The minimum absolute atomic E-state index is 0.0696. The van der Waals surface area contributed by atoms with Crippen LogP contribution in [0.5, 0.6) is 0 Å². The molecule has 0 radical (unpaired) electrons. The highest BCUT2D eigenvalue weighted by atomic mass is 16.7. The van der Waals surface area contributed by atoms with Gasteiger partial charge in [0, 0.05) is 12.3 Å². The van der Waals surface area contributed by atoms with E-state index in [1.807, 2.05) is 6.07 Å². The lowest BCUT2D eigenvalue weighted by Gasteiger charge is -2.42. The number of aliphatic hydroxyl groups excluding tert-OH is 7. The normalized spacial score (nSPS) is 51.6. The number of ether oxygens (including phenoxy) is 4. The van der Waals surface area contributed by atoms with Crippen LogP contribution in [0.25, 0.3) is 0 Å². The minimum atomic E-state index is -1.67. The van der Waals surface area contributed by atoms with E-state index in [1.54, 1.807) is 6.92 Å². The molecule has 2 aliphatic heterocycles. The Labute approximate surface area is 172 Å². The molecule has 7 N–H and O–H groups in total. The van der Waals surface area contributed by atoms with Crippen molar-refractivity contribution in [1.82, 2.24) is 0 Å². The fourth-order valence-electron chi connectivity index (χ4n) is 3.67. The van der Waals surface area contributed by atoms with Crippen LogP contribution in [0.1, 0.15) is 13.3 Å². The lowest BCUT2D eigenvalue weighted by molar-refractivity contribution is -0.335. The average Bonchev–Trinajstić information content (AvgIpc) is 3.14. The van der Waals surface area contributed by atoms with Gasteiger partial charge in [-0.1, -0.05) is 13.0 Å². The zero-order valence-electron chi connectivity index (χ0n) is 16.1. The highest BCUT2D eigenvalue weighted by Crippen LogP contribution is 2.35. The van der Waals surface area contributed by atoms with Crippen LogP contribution in [-0.4, -0.2) is 110 Å². The number of hydrogen-bond acceptors (Lipinski definition) is 12. The van der Waals surface area contributed by atoms with Gasteiger partial charge in [-0.05, 0) is 6.08 Å². The van der Waals surface area contributed by atoms with Gasteiger partial charge in [-0.25, -0.2) is 0 Å². The molecule has 0 aromatic carbocycles. The summed E-state index contributed by atoms with van der Waals surface area (Å²) in [5.41, 5.74) is -1.62. The third-order valence-electron chi connectivity index (χ3n) is 5.64. The Morgan fingerprint density at radius 1 is 1.00 bits per heavy atom. The topological polar surface area (TPSA) is 202 Å². The Hall–Kier alpha value is -1.21. The molecule has 12 unspecified atom stereocenters. The Morgan fingerprint density at radius 3 is 2.33 bits per heavy atom. The van der Waals surface area contributed by atoms with Crippen molar-refractivity contribution in [2.75, 3.05) is 6.61 Å². The Balaban J connectivity index is 1.65. The van der Waals surface area contributed by atoms with Crippen LogP contribution < -0.4 is 0 Å². The van der Waals surface area contributed by atoms with Gasteiger partial charge in [-0.3, -0.25) is 0 Å².